The van der Waals surface area contributed by atoms with Crippen LogP contribution in [-0.4, -0.2) is 25.9 Å². The molecule has 0 aliphatic heterocycles. The molecule has 0 radical (unpaired) electrons. The van der Waals surface area contributed by atoms with Gasteiger partial charge in [0.1, 0.15) is 20.2 Å². The first-order valence-corrected chi connectivity index (χ1v) is 28.8. The molecule has 0 aromatic heterocycles. The smallest absolute Gasteiger partial charge is 0.744 e. The molecule has 0 spiro atoms. The summed E-state index contributed by atoms with van der Waals surface area (Å²) in [5, 5.41) is 3.08. The summed E-state index contributed by atoms with van der Waals surface area (Å²) in [5.74, 6) is 0. The molecular weight excluding hydrogens is 898 g/mol. The van der Waals surface area contributed by atoms with Gasteiger partial charge in [-0.1, -0.05) is 242 Å². The molecule has 0 unspecified atom stereocenters. The van der Waals surface area contributed by atoms with Gasteiger partial charge in [-0.15, -0.1) is 0 Å². The van der Waals surface area contributed by atoms with E-state index in [9.17, 15) is 25.9 Å². The van der Waals surface area contributed by atoms with Crippen molar-refractivity contribution in [2.24, 2.45) is 0 Å². The van der Waals surface area contributed by atoms with Gasteiger partial charge in [-0.25, -0.2) is 16.8 Å². The minimum Gasteiger partial charge on any atom is -0.744 e. The van der Waals surface area contributed by atoms with Crippen LogP contribution < -0.4 is 0 Å². The number of benzene rings is 4. The quantitative estimate of drug-likeness (QED) is 0.0262. The Balaban J connectivity index is 0.000000440. The summed E-state index contributed by atoms with van der Waals surface area (Å²) in [6.07, 6.45) is 37.2. The molecule has 0 saturated carbocycles. The van der Waals surface area contributed by atoms with Gasteiger partial charge in [0.05, 0.1) is 9.79 Å². The summed E-state index contributed by atoms with van der Waals surface area (Å²) in [4.78, 5) is 0.0322. The molecule has 0 bridgehead atoms. The second kappa shape index (κ2) is 34.2. The predicted molar refractivity (Wildman–Crippen MR) is 271 cm³/mol. The van der Waals surface area contributed by atoms with Gasteiger partial charge < -0.3 is 9.11 Å². The summed E-state index contributed by atoms with van der Waals surface area (Å²) in [7, 11) is -9.04. The third-order valence-electron chi connectivity index (χ3n) is 13.0. The largest absolute Gasteiger partial charge is 2.00 e. The molecule has 65 heavy (non-hydrogen) atoms. The first-order chi connectivity index (χ1) is 31.0. The van der Waals surface area contributed by atoms with Crippen LogP contribution in [0, 0.1) is 0 Å². The molecule has 0 heterocycles. The third kappa shape index (κ3) is 22.2. The fraction of sp³-hybridized carbons (Fsp3) is 0.643. The van der Waals surface area contributed by atoms with Crippen LogP contribution in [0.4, 0.5) is 0 Å². The van der Waals surface area contributed by atoms with Gasteiger partial charge in [0.2, 0.25) is 0 Å². The van der Waals surface area contributed by atoms with E-state index in [1.807, 2.05) is 60.7 Å². The van der Waals surface area contributed by atoms with Crippen molar-refractivity contribution in [2.75, 3.05) is 0 Å². The minimum absolute atomic E-state index is 0. The van der Waals surface area contributed by atoms with Crippen molar-refractivity contribution < 1.29 is 45.4 Å². The Hall–Kier alpha value is -2.16. The van der Waals surface area contributed by atoms with E-state index in [1.54, 1.807) is 0 Å². The Kier molecular flexibility index (Phi) is 31.0. The van der Waals surface area contributed by atoms with Crippen molar-refractivity contribution in [1.29, 1.82) is 0 Å². The zero-order chi connectivity index (χ0) is 46.5. The first kappa shape index (κ1) is 59.0. The Morgan fingerprint density at radius 2 is 0.538 bits per heavy atom. The fourth-order valence-corrected chi connectivity index (χ4v) is 11.3. The first-order valence-electron chi connectivity index (χ1n) is 26.0. The van der Waals surface area contributed by atoms with Crippen LogP contribution in [0.1, 0.15) is 230 Å². The van der Waals surface area contributed by atoms with Gasteiger partial charge in [-0.3, -0.25) is 0 Å². The average Bonchev–Trinajstić information content (AvgIpc) is 3.27. The van der Waals surface area contributed by atoms with E-state index >= 15 is 0 Å². The molecule has 0 amide bonds. The van der Waals surface area contributed by atoms with Gasteiger partial charge in [0, 0.05) is 0 Å². The Bertz CT molecular complexity index is 1960. The van der Waals surface area contributed by atoms with Crippen molar-refractivity contribution in [3.8, 4) is 0 Å². The number of rotatable bonds is 34. The Morgan fingerprint density at radius 3 is 0.785 bits per heavy atom. The van der Waals surface area contributed by atoms with E-state index in [0.717, 1.165) is 73.3 Å². The van der Waals surface area contributed by atoms with Crippen molar-refractivity contribution in [2.45, 2.75) is 243 Å². The van der Waals surface area contributed by atoms with Crippen molar-refractivity contribution >= 4 is 41.8 Å². The van der Waals surface area contributed by atoms with Crippen LogP contribution in [0.3, 0.4) is 0 Å². The molecule has 360 valence electrons. The minimum atomic E-state index is -4.52. The maximum atomic E-state index is 12.2. The second-order valence-corrected chi connectivity index (χ2v) is 21.2. The van der Waals surface area contributed by atoms with Crippen LogP contribution in [0.15, 0.2) is 70.5 Å². The molecule has 0 saturated heterocycles. The average molecular weight is 985 g/mol. The third-order valence-corrected chi connectivity index (χ3v) is 15.0. The maximum absolute atomic E-state index is 12.2. The van der Waals surface area contributed by atoms with E-state index in [0.29, 0.717) is 23.6 Å². The molecule has 0 atom stereocenters. The molecule has 9 heteroatoms. The number of aryl methyl sites for hydroxylation is 4. The maximum Gasteiger partial charge on any atom is 2.00 e. The summed E-state index contributed by atoms with van der Waals surface area (Å²) in [6, 6.07) is 19.2. The second-order valence-electron chi connectivity index (χ2n) is 18.5. The van der Waals surface area contributed by atoms with Crippen molar-refractivity contribution in [1.82, 2.24) is 0 Å². The zero-order valence-corrected chi connectivity index (χ0v) is 46.0. The number of fused-ring (bicyclic) bond motifs is 2. The van der Waals surface area contributed by atoms with Crippen LogP contribution >= 0.6 is 0 Å². The molecule has 0 aliphatic carbocycles. The zero-order valence-electron chi connectivity index (χ0n) is 41.4. The SMILES string of the molecule is CCCCCCCCCc1cc(CCCCCCCCC)c2ccccc2c1S(=O)(=O)[O-].CCCCCCCCCc1cc(CCCCCCCCC)c2ccccc2c1S(=O)(=O)[O-].[Zn+2]. The van der Waals surface area contributed by atoms with Crippen LogP contribution in [-0.2, 0) is 65.4 Å². The number of hydrogen-bond donors (Lipinski definition) is 0. The van der Waals surface area contributed by atoms with Crippen LogP contribution in [0.25, 0.3) is 21.5 Å². The normalized spacial score (nSPS) is 11.8. The molecule has 4 aromatic carbocycles. The van der Waals surface area contributed by atoms with Crippen molar-refractivity contribution in [3.63, 3.8) is 0 Å². The van der Waals surface area contributed by atoms with E-state index in [2.05, 4.69) is 27.7 Å². The van der Waals surface area contributed by atoms with Crippen LogP contribution in [0.2, 0.25) is 0 Å². The van der Waals surface area contributed by atoms with E-state index in [4.69, 9.17) is 0 Å². The van der Waals surface area contributed by atoms with Crippen molar-refractivity contribution in [3.05, 3.63) is 82.9 Å². The van der Waals surface area contributed by atoms with Crippen LogP contribution in [0.5, 0.6) is 0 Å². The predicted octanol–water partition coefficient (Wildman–Crippen LogP) is 16.7. The van der Waals surface area contributed by atoms with Gasteiger partial charge in [-0.2, -0.15) is 0 Å². The van der Waals surface area contributed by atoms with Gasteiger partial charge >= 0.3 is 19.5 Å². The summed E-state index contributed by atoms with van der Waals surface area (Å²) >= 11 is 0. The number of unbranched alkanes of at least 4 members (excludes halogenated alkanes) is 24. The van der Waals surface area contributed by atoms with E-state index < -0.39 is 20.2 Å². The topological polar surface area (TPSA) is 114 Å². The fourth-order valence-electron chi connectivity index (χ4n) is 9.44. The Labute approximate surface area is 410 Å². The molecule has 6 nitrogen and oxygen atoms in total. The van der Waals surface area contributed by atoms with Gasteiger partial charge in [0.15, 0.2) is 0 Å². The van der Waals surface area contributed by atoms with E-state index in [1.165, 1.54) is 152 Å². The Morgan fingerprint density at radius 1 is 0.323 bits per heavy atom. The standard InChI is InChI=1S/2C28H44O3S.Zn/c2*1-3-5-7-9-11-13-15-19-24-23-25(20-16-14-12-10-8-6-4-2)28(32(29,30)31)27-22-18-17-21-26(24)27;/h2*17-18,21-23H,3-16,19-20H2,1-2H3,(H,29,30,31);/q;;+2/p-2. The van der Waals surface area contributed by atoms with Gasteiger partial charge in [-0.05, 0) is 95.2 Å². The van der Waals surface area contributed by atoms with E-state index in [-0.39, 0.29) is 29.3 Å². The summed E-state index contributed by atoms with van der Waals surface area (Å²) < 4.78 is 73.3. The summed E-state index contributed by atoms with van der Waals surface area (Å²) in [5.41, 5.74) is 3.84. The monoisotopic (exact) mass is 983 g/mol. The molecule has 0 fully saturated rings. The molecule has 0 N–H and O–H groups in total. The molecule has 4 aromatic rings. The molecular formula is C56H86O6S2Zn. The number of hydrogen-bond acceptors (Lipinski definition) is 6. The molecule has 0 aliphatic rings. The van der Waals surface area contributed by atoms with Gasteiger partial charge in [0.25, 0.3) is 0 Å². The summed E-state index contributed by atoms with van der Waals surface area (Å²) in [6.45, 7) is 8.91. The molecule has 4 rings (SSSR count).